The van der Waals surface area contributed by atoms with Gasteiger partial charge in [-0.05, 0) is 36.8 Å². The van der Waals surface area contributed by atoms with E-state index in [4.69, 9.17) is 29.2 Å². The Balaban J connectivity index is 0.00000363. The van der Waals surface area contributed by atoms with Crippen molar-refractivity contribution in [1.29, 1.82) is 0 Å². The Morgan fingerprint density at radius 3 is 2.12 bits per heavy atom. The van der Waals surface area contributed by atoms with Gasteiger partial charge < -0.3 is 34.5 Å². The minimum absolute atomic E-state index is 0. The number of amides is 1. The van der Waals surface area contributed by atoms with Gasteiger partial charge in [0.2, 0.25) is 11.7 Å². The second-order valence-corrected chi connectivity index (χ2v) is 6.68. The number of hydrogen-bond donors (Lipinski definition) is 2. The Kier molecular flexibility index (Phi) is 8.34. The molecule has 0 radical (unpaired) electrons. The number of nitrogens with two attached hydrogens (primary N) is 1. The first-order valence-corrected chi connectivity index (χ1v) is 9.43. The molecular formula is C22H26ClN3O6. The molecule has 0 aliphatic carbocycles. The van der Waals surface area contributed by atoms with Crippen LogP contribution in [0.2, 0.25) is 0 Å². The number of nitrogens with one attached hydrogen (secondary N) is 1. The number of nitrogens with zero attached hydrogens (tertiary/aromatic N) is 1. The Hall–Kier alpha value is -3.43. The molecule has 9 nitrogen and oxygen atoms in total. The van der Waals surface area contributed by atoms with Gasteiger partial charge in [-0.15, -0.1) is 12.4 Å². The van der Waals surface area contributed by atoms with Crippen LogP contribution in [0.1, 0.15) is 6.92 Å². The number of benzene rings is 2. The van der Waals surface area contributed by atoms with Crippen molar-refractivity contribution in [2.24, 2.45) is 5.73 Å². The number of methoxy groups -OCH3 is 4. The predicted octanol–water partition coefficient (Wildman–Crippen LogP) is 3.75. The van der Waals surface area contributed by atoms with E-state index in [2.05, 4.69) is 10.5 Å². The van der Waals surface area contributed by atoms with Crippen molar-refractivity contribution in [3.8, 4) is 45.4 Å². The molecule has 0 saturated carbocycles. The Morgan fingerprint density at radius 1 is 0.969 bits per heavy atom. The predicted molar refractivity (Wildman–Crippen MR) is 123 cm³/mol. The second-order valence-electron chi connectivity index (χ2n) is 6.68. The molecule has 10 heteroatoms. The number of hydrogen-bond acceptors (Lipinski definition) is 8. The van der Waals surface area contributed by atoms with Crippen molar-refractivity contribution >= 4 is 24.0 Å². The van der Waals surface area contributed by atoms with Gasteiger partial charge in [-0.25, -0.2) is 0 Å². The zero-order chi connectivity index (χ0) is 22.5. The summed E-state index contributed by atoms with van der Waals surface area (Å²) in [6.45, 7) is 1.61. The Morgan fingerprint density at radius 2 is 1.59 bits per heavy atom. The quantitative estimate of drug-likeness (QED) is 0.518. The van der Waals surface area contributed by atoms with Crippen LogP contribution in [-0.4, -0.2) is 45.5 Å². The Bertz CT molecular complexity index is 1060. The van der Waals surface area contributed by atoms with Crippen LogP contribution in [0.3, 0.4) is 0 Å². The highest BCUT2D eigenvalue weighted by molar-refractivity contribution is 5.97. The molecule has 0 aliphatic heterocycles. The lowest BCUT2D eigenvalue weighted by molar-refractivity contribution is -0.117. The van der Waals surface area contributed by atoms with Gasteiger partial charge >= 0.3 is 0 Å². The SMILES string of the molecule is COc1ccc(-c2conc2-c2cc(OC)c(OC)c(OC)c2)cc1NC(=O)C(C)N.Cl. The van der Waals surface area contributed by atoms with Crippen LogP contribution in [-0.2, 0) is 4.79 Å². The van der Waals surface area contributed by atoms with E-state index >= 15 is 0 Å². The van der Waals surface area contributed by atoms with E-state index in [-0.39, 0.29) is 18.3 Å². The molecule has 3 N–H and O–H groups in total. The molecule has 3 rings (SSSR count). The standard InChI is InChI=1S/C22H25N3O6.ClH/c1-12(23)22(26)24-16-8-13(6-7-17(16)27-2)15-11-31-25-20(15)14-9-18(28-3)21(30-5)19(10-14)29-4;/h6-12H,23H2,1-5H3,(H,24,26);1H. The molecule has 0 aliphatic rings. The van der Waals surface area contributed by atoms with E-state index in [1.165, 1.54) is 20.5 Å². The third-order valence-corrected chi connectivity index (χ3v) is 4.69. The highest BCUT2D eigenvalue weighted by Crippen LogP contribution is 2.43. The Labute approximate surface area is 192 Å². The van der Waals surface area contributed by atoms with Crippen LogP contribution in [0.5, 0.6) is 23.0 Å². The molecule has 172 valence electrons. The summed E-state index contributed by atoms with van der Waals surface area (Å²) in [7, 11) is 6.15. The summed E-state index contributed by atoms with van der Waals surface area (Å²) in [5, 5.41) is 6.94. The summed E-state index contributed by atoms with van der Waals surface area (Å²) < 4.78 is 26.9. The van der Waals surface area contributed by atoms with Crippen LogP contribution >= 0.6 is 12.4 Å². The van der Waals surface area contributed by atoms with E-state index < -0.39 is 6.04 Å². The summed E-state index contributed by atoms with van der Waals surface area (Å²) >= 11 is 0. The second kappa shape index (κ2) is 10.7. The van der Waals surface area contributed by atoms with Gasteiger partial charge in [-0.3, -0.25) is 4.79 Å². The highest BCUT2D eigenvalue weighted by atomic mass is 35.5. The van der Waals surface area contributed by atoms with E-state index in [0.29, 0.717) is 45.5 Å². The number of aromatic nitrogens is 1. The van der Waals surface area contributed by atoms with Crippen molar-refractivity contribution in [2.75, 3.05) is 33.8 Å². The molecule has 2 aromatic carbocycles. The molecule has 1 unspecified atom stereocenters. The zero-order valence-electron chi connectivity index (χ0n) is 18.4. The number of ether oxygens (including phenoxy) is 4. The van der Waals surface area contributed by atoms with E-state index in [9.17, 15) is 4.79 Å². The number of carbonyl (C=O) groups is 1. The average Bonchev–Trinajstić information content (AvgIpc) is 3.27. The fraction of sp³-hybridized carbons (Fsp3) is 0.273. The molecule has 0 saturated heterocycles. The fourth-order valence-electron chi connectivity index (χ4n) is 3.09. The van der Waals surface area contributed by atoms with Crippen molar-refractivity contribution in [2.45, 2.75) is 13.0 Å². The molecule has 0 fully saturated rings. The first-order valence-electron chi connectivity index (χ1n) is 9.43. The molecule has 1 aromatic heterocycles. The van der Waals surface area contributed by atoms with Crippen LogP contribution in [0, 0.1) is 0 Å². The summed E-state index contributed by atoms with van der Waals surface area (Å²) in [5.41, 5.74) is 8.89. The fourth-order valence-corrected chi connectivity index (χ4v) is 3.09. The molecule has 1 amide bonds. The largest absolute Gasteiger partial charge is 0.495 e. The monoisotopic (exact) mass is 463 g/mol. The van der Waals surface area contributed by atoms with Gasteiger partial charge in [0.1, 0.15) is 17.7 Å². The van der Waals surface area contributed by atoms with Crippen molar-refractivity contribution in [1.82, 2.24) is 5.16 Å². The molecule has 1 heterocycles. The number of carbonyl (C=O) groups excluding carboxylic acids is 1. The van der Waals surface area contributed by atoms with Gasteiger partial charge in [-0.2, -0.15) is 0 Å². The van der Waals surface area contributed by atoms with Crippen LogP contribution in [0.15, 0.2) is 41.1 Å². The summed E-state index contributed by atoms with van der Waals surface area (Å²) in [6.07, 6.45) is 1.53. The minimum Gasteiger partial charge on any atom is -0.495 e. The third kappa shape index (κ3) is 4.90. The average molecular weight is 464 g/mol. The maximum atomic E-state index is 12.1. The number of rotatable bonds is 8. The van der Waals surface area contributed by atoms with E-state index in [1.54, 1.807) is 45.4 Å². The van der Waals surface area contributed by atoms with E-state index in [0.717, 1.165) is 5.56 Å². The summed E-state index contributed by atoms with van der Waals surface area (Å²) in [4.78, 5) is 12.1. The lowest BCUT2D eigenvalue weighted by Crippen LogP contribution is -2.32. The summed E-state index contributed by atoms with van der Waals surface area (Å²) in [5.74, 6) is 1.63. The molecule has 32 heavy (non-hydrogen) atoms. The summed E-state index contributed by atoms with van der Waals surface area (Å²) in [6, 6.07) is 8.26. The van der Waals surface area contributed by atoms with Crippen LogP contribution in [0.4, 0.5) is 5.69 Å². The van der Waals surface area contributed by atoms with Crippen LogP contribution in [0.25, 0.3) is 22.4 Å². The van der Waals surface area contributed by atoms with Gasteiger partial charge in [0.05, 0.1) is 40.2 Å². The molecule has 0 bridgehead atoms. The molecule has 1 atom stereocenters. The van der Waals surface area contributed by atoms with Gasteiger partial charge in [0.25, 0.3) is 0 Å². The molecule has 0 spiro atoms. The topological polar surface area (TPSA) is 118 Å². The maximum absolute atomic E-state index is 12.1. The van der Waals surface area contributed by atoms with Gasteiger partial charge in [0, 0.05) is 11.1 Å². The van der Waals surface area contributed by atoms with Gasteiger partial charge in [0.15, 0.2) is 11.5 Å². The highest BCUT2D eigenvalue weighted by Gasteiger charge is 2.20. The minimum atomic E-state index is -0.668. The van der Waals surface area contributed by atoms with Crippen molar-refractivity contribution < 1.29 is 28.3 Å². The van der Waals surface area contributed by atoms with Gasteiger partial charge in [-0.1, -0.05) is 11.2 Å². The van der Waals surface area contributed by atoms with Crippen molar-refractivity contribution in [3.05, 3.63) is 36.6 Å². The lowest BCUT2D eigenvalue weighted by Gasteiger charge is -2.15. The smallest absolute Gasteiger partial charge is 0.241 e. The molecule has 3 aromatic rings. The van der Waals surface area contributed by atoms with E-state index in [1.807, 2.05) is 6.07 Å². The number of anilines is 1. The first-order chi connectivity index (χ1) is 14.9. The molecular weight excluding hydrogens is 438 g/mol. The normalized spacial score (nSPS) is 11.2. The maximum Gasteiger partial charge on any atom is 0.241 e. The first kappa shape index (κ1) is 24.8. The number of halogens is 1. The van der Waals surface area contributed by atoms with Crippen LogP contribution < -0.4 is 30.0 Å². The van der Waals surface area contributed by atoms with Crippen molar-refractivity contribution in [3.63, 3.8) is 0 Å². The lowest BCUT2D eigenvalue weighted by atomic mass is 10.0. The zero-order valence-corrected chi connectivity index (χ0v) is 19.2. The third-order valence-electron chi connectivity index (χ3n) is 4.69.